The number of para-hydroxylation sites is 2. The normalized spacial score (nSPS) is 17.8. The van der Waals surface area contributed by atoms with E-state index in [9.17, 15) is 14.4 Å². The standard InChI is InChI=1S/C34H45ClN4O4/c35-28-17-14-24(8-4-5-10-27(40)9-2-1-3-11-29(36)32(41)42)22-25(28)23-37-34(18-19-34)33(43)39-21-20-38(26-15-16-26)30-12-6-7-13-31(30)39/h6-7,12-14,17,22,26,29,37H,1-5,8-11,15-16,18-21,23,36H2,(H,41,42)/t29-/m1/s1. The van der Waals surface area contributed by atoms with Gasteiger partial charge in [0.15, 0.2) is 0 Å². The van der Waals surface area contributed by atoms with Gasteiger partial charge in [0, 0.05) is 43.5 Å². The van der Waals surface area contributed by atoms with Gasteiger partial charge in [-0.15, -0.1) is 0 Å². The Morgan fingerprint density at radius 2 is 1.70 bits per heavy atom. The molecule has 1 heterocycles. The number of carbonyl (C=O) groups is 3. The van der Waals surface area contributed by atoms with Crippen molar-refractivity contribution in [1.82, 2.24) is 5.32 Å². The molecule has 2 fully saturated rings. The van der Waals surface area contributed by atoms with Crippen LogP contribution >= 0.6 is 11.6 Å². The number of Topliss-reactive ketones (excluding diaryl/α,β-unsaturated/α-hetero) is 1. The SMILES string of the molecule is N[C@H](CCCCCC(=O)CCCCc1ccc(Cl)c(CNC2(C(=O)N3CCN(C4CC4)c4ccccc43)CC2)c1)C(=O)O. The topological polar surface area (TPSA) is 116 Å². The third kappa shape index (κ3) is 8.16. The number of amides is 1. The predicted octanol–water partition coefficient (Wildman–Crippen LogP) is 5.62. The second-order valence-electron chi connectivity index (χ2n) is 12.5. The lowest BCUT2D eigenvalue weighted by Crippen LogP contribution is -2.53. The van der Waals surface area contributed by atoms with E-state index in [-0.39, 0.29) is 11.7 Å². The first-order chi connectivity index (χ1) is 20.8. The molecule has 1 amide bonds. The number of nitrogens with one attached hydrogen (secondary N) is 1. The molecule has 0 radical (unpaired) electrons. The van der Waals surface area contributed by atoms with Crippen LogP contribution in [0.2, 0.25) is 5.02 Å². The minimum absolute atomic E-state index is 0.163. The van der Waals surface area contributed by atoms with Gasteiger partial charge in [-0.1, -0.05) is 48.7 Å². The van der Waals surface area contributed by atoms with Crippen LogP contribution in [0, 0.1) is 0 Å². The molecule has 2 aromatic rings. The monoisotopic (exact) mass is 608 g/mol. The Morgan fingerprint density at radius 1 is 0.977 bits per heavy atom. The number of nitrogens with zero attached hydrogens (tertiary/aromatic N) is 2. The van der Waals surface area contributed by atoms with E-state index in [1.165, 1.54) is 24.1 Å². The van der Waals surface area contributed by atoms with Crippen LogP contribution < -0.4 is 20.9 Å². The summed E-state index contributed by atoms with van der Waals surface area (Å²) in [6.45, 7) is 2.14. The van der Waals surface area contributed by atoms with E-state index in [0.717, 1.165) is 75.7 Å². The number of aliphatic carboxylic acids is 1. The van der Waals surface area contributed by atoms with Gasteiger partial charge in [0.05, 0.1) is 16.9 Å². The van der Waals surface area contributed by atoms with E-state index in [1.54, 1.807) is 0 Å². The average molecular weight is 609 g/mol. The molecule has 2 aromatic carbocycles. The lowest BCUT2D eigenvalue weighted by atomic mass is 10.0. The van der Waals surface area contributed by atoms with Gasteiger partial charge in [-0.25, -0.2) is 0 Å². The average Bonchev–Trinajstić information content (AvgIpc) is 3.94. The molecule has 4 N–H and O–H groups in total. The van der Waals surface area contributed by atoms with Crippen LogP contribution in [0.25, 0.3) is 0 Å². The second kappa shape index (κ2) is 14.2. The van der Waals surface area contributed by atoms with Crippen LogP contribution in [0.3, 0.4) is 0 Å². The molecule has 0 unspecified atom stereocenters. The third-order valence-electron chi connectivity index (χ3n) is 9.13. The number of unbranched alkanes of at least 4 members (excludes halogenated alkanes) is 3. The number of carboxylic acids is 1. The number of ketones is 1. The Labute approximate surface area is 259 Å². The molecule has 0 spiro atoms. The molecule has 2 saturated carbocycles. The highest BCUT2D eigenvalue weighted by molar-refractivity contribution is 6.31. The zero-order valence-corrected chi connectivity index (χ0v) is 25.8. The summed E-state index contributed by atoms with van der Waals surface area (Å²) in [5.41, 5.74) is 9.37. The van der Waals surface area contributed by atoms with Crippen molar-refractivity contribution in [1.29, 1.82) is 0 Å². The number of aryl methyl sites for hydroxylation is 1. The molecule has 232 valence electrons. The first-order valence-corrected chi connectivity index (χ1v) is 16.4. The highest BCUT2D eigenvalue weighted by atomic mass is 35.5. The number of rotatable bonds is 17. The van der Waals surface area contributed by atoms with Crippen LogP contribution in [0.15, 0.2) is 42.5 Å². The van der Waals surface area contributed by atoms with Crippen molar-refractivity contribution in [3.05, 3.63) is 58.6 Å². The lowest BCUT2D eigenvalue weighted by Gasteiger charge is -2.39. The van der Waals surface area contributed by atoms with E-state index in [1.807, 2.05) is 23.1 Å². The van der Waals surface area contributed by atoms with E-state index in [4.69, 9.17) is 22.4 Å². The van der Waals surface area contributed by atoms with Crippen molar-refractivity contribution in [2.24, 2.45) is 5.73 Å². The van der Waals surface area contributed by atoms with Gasteiger partial charge in [0.2, 0.25) is 5.91 Å². The number of hydrogen-bond donors (Lipinski definition) is 3. The number of carboxylic acid groups (broad SMARTS) is 1. The lowest BCUT2D eigenvalue weighted by molar-refractivity contribution is -0.138. The quantitative estimate of drug-likeness (QED) is 0.200. The summed E-state index contributed by atoms with van der Waals surface area (Å²) in [5, 5.41) is 13.1. The maximum Gasteiger partial charge on any atom is 0.320 e. The molecule has 0 aromatic heterocycles. The van der Waals surface area contributed by atoms with E-state index in [2.05, 4.69) is 34.5 Å². The highest BCUT2D eigenvalue weighted by Crippen LogP contribution is 2.44. The van der Waals surface area contributed by atoms with Crippen LogP contribution in [0.5, 0.6) is 0 Å². The first kappa shape index (κ1) is 31.5. The summed E-state index contributed by atoms with van der Waals surface area (Å²) in [6, 6.07) is 14.2. The Hall–Kier alpha value is -2.94. The molecular formula is C34H45ClN4O4. The molecule has 8 nitrogen and oxygen atoms in total. The summed E-state index contributed by atoms with van der Waals surface area (Å²) >= 11 is 6.58. The Morgan fingerprint density at radius 3 is 2.40 bits per heavy atom. The number of carbonyl (C=O) groups excluding carboxylic acids is 2. The van der Waals surface area contributed by atoms with E-state index >= 15 is 0 Å². The molecule has 1 atom stereocenters. The van der Waals surface area contributed by atoms with Crippen LogP contribution in [0.1, 0.15) is 88.2 Å². The smallest absolute Gasteiger partial charge is 0.320 e. The number of hydrogen-bond acceptors (Lipinski definition) is 6. The zero-order chi connectivity index (χ0) is 30.4. The summed E-state index contributed by atoms with van der Waals surface area (Å²) in [7, 11) is 0. The number of nitrogens with two attached hydrogens (primary N) is 1. The van der Waals surface area contributed by atoms with Crippen LogP contribution in [0.4, 0.5) is 11.4 Å². The minimum atomic E-state index is -0.971. The Balaban J connectivity index is 1.06. The Kier molecular flexibility index (Phi) is 10.4. The highest BCUT2D eigenvalue weighted by Gasteiger charge is 2.52. The van der Waals surface area contributed by atoms with Gasteiger partial charge >= 0.3 is 5.97 Å². The largest absolute Gasteiger partial charge is 0.480 e. The summed E-state index contributed by atoms with van der Waals surface area (Å²) < 4.78 is 0. The molecule has 5 rings (SSSR count). The second-order valence-corrected chi connectivity index (χ2v) is 12.9. The molecule has 0 bridgehead atoms. The third-order valence-corrected chi connectivity index (χ3v) is 9.49. The van der Waals surface area contributed by atoms with Gasteiger partial charge in [0.1, 0.15) is 11.8 Å². The maximum absolute atomic E-state index is 13.8. The van der Waals surface area contributed by atoms with Crippen LogP contribution in [-0.2, 0) is 27.3 Å². The van der Waals surface area contributed by atoms with Gasteiger partial charge in [-0.3, -0.25) is 19.7 Å². The summed E-state index contributed by atoms with van der Waals surface area (Å²) in [6.07, 6.45) is 10.7. The fraction of sp³-hybridized carbons (Fsp3) is 0.559. The van der Waals surface area contributed by atoms with Gasteiger partial charge in [0.25, 0.3) is 0 Å². The maximum atomic E-state index is 13.8. The van der Waals surface area contributed by atoms with Crippen molar-refractivity contribution in [2.45, 2.75) is 108 Å². The minimum Gasteiger partial charge on any atom is -0.480 e. The zero-order valence-electron chi connectivity index (χ0n) is 25.0. The summed E-state index contributed by atoms with van der Waals surface area (Å²) in [4.78, 5) is 41.3. The number of halogens is 1. The van der Waals surface area contributed by atoms with E-state index < -0.39 is 17.6 Å². The predicted molar refractivity (Wildman–Crippen MR) is 171 cm³/mol. The van der Waals surface area contributed by atoms with Crippen molar-refractivity contribution < 1.29 is 19.5 Å². The number of benzene rings is 2. The molecule has 3 aliphatic rings. The van der Waals surface area contributed by atoms with Crippen LogP contribution in [-0.4, -0.2) is 53.5 Å². The van der Waals surface area contributed by atoms with E-state index in [0.29, 0.717) is 36.9 Å². The Bertz CT molecular complexity index is 1310. The number of fused-ring (bicyclic) bond motifs is 1. The molecule has 0 saturated heterocycles. The molecular weight excluding hydrogens is 564 g/mol. The molecule has 1 aliphatic heterocycles. The van der Waals surface area contributed by atoms with Gasteiger partial charge in [-0.05, 0) is 87.1 Å². The summed E-state index contributed by atoms with van der Waals surface area (Å²) in [5.74, 6) is -0.544. The van der Waals surface area contributed by atoms with Gasteiger partial charge in [-0.2, -0.15) is 0 Å². The fourth-order valence-corrected chi connectivity index (χ4v) is 6.34. The molecule has 9 heteroatoms. The van der Waals surface area contributed by atoms with Gasteiger partial charge < -0.3 is 20.6 Å². The van der Waals surface area contributed by atoms with Crippen molar-refractivity contribution >= 4 is 40.6 Å². The van der Waals surface area contributed by atoms with Crippen molar-refractivity contribution in [2.75, 3.05) is 22.9 Å². The number of anilines is 2. The first-order valence-electron chi connectivity index (χ1n) is 16.0. The fourth-order valence-electron chi connectivity index (χ4n) is 6.16. The van der Waals surface area contributed by atoms with Crippen molar-refractivity contribution in [3.63, 3.8) is 0 Å². The molecule has 43 heavy (non-hydrogen) atoms. The molecule has 2 aliphatic carbocycles. The van der Waals surface area contributed by atoms with Crippen molar-refractivity contribution in [3.8, 4) is 0 Å².